The number of benzene rings is 1. The minimum Gasteiger partial charge on any atom is -0.357 e. The zero-order chi connectivity index (χ0) is 18.2. The summed E-state index contributed by atoms with van der Waals surface area (Å²) < 4.78 is 13.2. The van der Waals surface area contributed by atoms with Crippen molar-refractivity contribution in [3.63, 3.8) is 0 Å². The minimum atomic E-state index is -0.184. The lowest BCUT2D eigenvalue weighted by atomic mass is 9.64. The van der Waals surface area contributed by atoms with Gasteiger partial charge in [-0.25, -0.2) is 4.39 Å². The minimum absolute atomic E-state index is 0.0526. The van der Waals surface area contributed by atoms with Gasteiger partial charge in [0.25, 0.3) is 0 Å². The summed E-state index contributed by atoms with van der Waals surface area (Å²) in [6.45, 7) is 4.39. The van der Waals surface area contributed by atoms with Crippen LogP contribution in [0.4, 0.5) is 4.39 Å². The lowest BCUT2D eigenvalue weighted by molar-refractivity contribution is 0.253. The molecule has 0 bridgehead atoms. The molecule has 138 valence electrons. The van der Waals surface area contributed by atoms with Crippen LogP contribution in [0.5, 0.6) is 0 Å². The van der Waals surface area contributed by atoms with E-state index in [4.69, 9.17) is 4.99 Å². The van der Waals surface area contributed by atoms with Crippen LogP contribution in [0.2, 0.25) is 0 Å². The maximum Gasteiger partial charge on any atom is 0.191 e. The molecule has 1 heterocycles. The largest absolute Gasteiger partial charge is 0.357 e. The molecule has 1 aromatic heterocycles. The van der Waals surface area contributed by atoms with Gasteiger partial charge in [0.05, 0.1) is 6.54 Å². The molecule has 1 aliphatic carbocycles. The number of hydrogen-bond donors (Lipinski definition) is 2. The zero-order valence-electron chi connectivity index (χ0n) is 15.3. The lowest BCUT2D eigenvalue weighted by Gasteiger charge is -2.41. The van der Waals surface area contributed by atoms with Gasteiger partial charge in [-0.2, -0.15) is 0 Å². The van der Waals surface area contributed by atoms with E-state index in [0.717, 1.165) is 50.6 Å². The van der Waals surface area contributed by atoms with Gasteiger partial charge in [0, 0.05) is 36.8 Å². The van der Waals surface area contributed by atoms with Crippen LogP contribution in [0.1, 0.15) is 37.4 Å². The van der Waals surface area contributed by atoms with Gasteiger partial charge in [0.15, 0.2) is 5.96 Å². The fraction of sp³-hybridized carbons (Fsp3) is 0.429. The van der Waals surface area contributed by atoms with E-state index in [1.165, 1.54) is 12.0 Å². The molecule has 1 aromatic carbocycles. The van der Waals surface area contributed by atoms with Crippen molar-refractivity contribution in [2.24, 2.45) is 4.99 Å². The molecule has 0 unspecified atom stereocenters. The Bertz CT molecular complexity index is 709. The molecule has 4 nitrogen and oxygen atoms in total. The first-order valence-corrected chi connectivity index (χ1v) is 9.40. The van der Waals surface area contributed by atoms with Gasteiger partial charge < -0.3 is 10.6 Å². The third-order valence-electron chi connectivity index (χ3n) is 5.05. The fourth-order valence-electron chi connectivity index (χ4n) is 3.37. The van der Waals surface area contributed by atoms with Crippen molar-refractivity contribution in [3.8, 4) is 0 Å². The quantitative estimate of drug-likeness (QED) is 0.591. The normalized spacial score (nSPS) is 16.0. The molecule has 0 radical (unpaired) electrons. The van der Waals surface area contributed by atoms with E-state index in [0.29, 0.717) is 0 Å². The number of halogens is 1. The first-order chi connectivity index (χ1) is 12.7. The average Bonchev–Trinajstić information content (AvgIpc) is 2.63. The van der Waals surface area contributed by atoms with Crippen molar-refractivity contribution in [3.05, 3.63) is 65.7 Å². The number of pyridine rings is 1. The highest BCUT2D eigenvalue weighted by Crippen LogP contribution is 2.44. The van der Waals surface area contributed by atoms with E-state index in [2.05, 4.69) is 22.5 Å². The summed E-state index contributed by atoms with van der Waals surface area (Å²) in [6, 6.07) is 12.9. The Morgan fingerprint density at radius 2 is 1.96 bits per heavy atom. The smallest absolute Gasteiger partial charge is 0.191 e. The van der Waals surface area contributed by atoms with Gasteiger partial charge in [-0.1, -0.05) is 24.6 Å². The molecule has 0 amide bonds. The first-order valence-electron chi connectivity index (χ1n) is 9.40. The van der Waals surface area contributed by atoms with Gasteiger partial charge in [-0.3, -0.25) is 9.98 Å². The average molecular weight is 354 g/mol. The number of rotatable bonds is 7. The summed E-state index contributed by atoms with van der Waals surface area (Å²) in [5, 5.41) is 6.70. The van der Waals surface area contributed by atoms with Crippen molar-refractivity contribution in [2.75, 3.05) is 19.6 Å². The zero-order valence-corrected chi connectivity index (χ0v) is 15.3. The molecule has 2 N–H and O–H groups in total. The molecule has 1 saturated carbocycles. The fourth-order valence-corrected chi connectivity index (χ4v) is 3.37. The number of hydrogen-bond acceptors (Lipinski definition) is 2. The third kappa shape index (κ3) is 4.59. The highest BCUT2D eigenvalue weighted by atomic mass is 19.1. The highest BCUT2D eigenvalue weighted by molar-refractivity contribution is 5.79. The first kappa shape index (κ1) is 18.4. The monoisotopic (exact) mass is 354 g/mol. The van der Waals surface area contributed by atoms with Gasteiger partial charge in [-0.05, 0) is 49.6 Å². The van der Waals surface area contributed by atoms with E-state index < -0.39 is 0 Å². The van der Waals surface area contributed by atoms with Gasteiger partial charge in [0.2, 0.25) is 0 Å². The van der Waals surface area contributed by atoms with Crippen molar-refractivity contribution in [1.82, 2.24) is 15.6 Å². The van der Waals surface area contributed by atoms with Crippen LogP contribution in [0.25, 0.3) is 0 Å². The molecule has 0 spiro atoms. The molecule has 0 saturated heterocycles. The van der Waals surface area contributed by atoms with Crippen molar-refractivity contribution >= 4 is 5.96 Å². The third-order valence-corrected chi connectivity index (χ3v) is 5.05. The van der Waals surface area contributed by atoms with Crippen molar-refractivity contribution < 1.29 is 4.39 Å². The SMILES string of the molecule is CCNC(=NCC1(c2ccc(F)cc2)CCC1)NCCc1ccccn1. The molecule has 3 rings (SSSR count). The van der Waals surface area contributed by atoms with Crippen LogP contribution in [0.15, 0.2) is 53.7 Å². The molecule has 0 aliphatic heterocycles. The summed E-state index contributed by atoms with van der Waals surface area (Å²) >= 11 is 0. The van der Waals surface area contributed by atoms with Gasteiger partial charge in [-0.15, -0.1) is 0 Å². The Kier molecular flexibility index (Phi) is 6.21. The van der Waals surface area contributed by atoms with E-state index in [-0.39, 0.29) is 11.2 Å². The molecule has 1 fully saturated rings. The molecule has 5 heteroatoms. The summed E-state index contributed by atoms with van der Waals surface area (Å²) in [4.78, 5) is 9.16. The number of guanidine groups is 1. The number of nitrogens with one attached hydrogen (secondary N) is 2. The molecule has 1 aliphatic rings. The van der Waals surface area contributed by atoms with E-state index in [1.807, 2.05) is 36.5 Å². The van der Waals surface area contributed by atoms with Crippen LogP contribution in [0, 0.1) is 5.82 Å². The Hall–Kier alpha value is -2.43. The van der Waals surface area contributed by atoms with Crippen LogP contribution in [-0.4, -0.2) is 30.6 Å². The molecular formula is C21H27FN4. The van der Waals surface area contributed by atoms with Crippen molar-refractivity contribution in [1.29, 1.82) is 0 Å². The van der Waals surface area contributed by atoms with Crippen LogP contribution in [-0.2, 0) is 11.8 Å². The standard InChI is InChI=1S/C21H27FN4/c1-2-23-20(25-15-11-19-6-3-4-14-24-19)26-16-21(12-5-13-21)17-7-9-18(22)10-8-17/h3-4,6-10,14H,2,5,11-13,15-16H2,1H3,(H2,23,25,26). The highest BCUT2D eigenvalue weighted by Gasteiger charge is 2.38. The molecule has 0 atom stereocenters. The Labute approximate surface area is 155 Å². The molecule has 2 aromatic rings. The second kappa shape index (κ2) is 8.79. The Balaban J connectivity index is 1.61. The lowest BCUT2D eigenvalue weighted by Crippen LogP contribution is -2.42. The number of aromatic nitrogens is 1. The van der Waals surface area contributed by atoms with Crippen LogP contribution in [0.3, 0.4) is 0 Å². The number of aliphatic imine (C=N–C) groups is 1. The van der Waals surface area contributed by atoms with Crippen LogP contribution < -0.4 is 10.6 Å². The second-order valence-electron chi connectivity index (χ2n) is 6.83. The summed E-state index contributed by atoms with van der Waals surface area (Å²) in [5.74, 6) is 0.646. The summed E-state index contributed by atoms with van der Waals surface area (Å²) in [6.07, 6.45) is 6.09. The maximum absolute atomic E-state index is 13.2. The molecule has 26 heavy (non-hydrogen) atoms. The van der Waals surface area contributed by atoms with E-state index in [9.17, 15) is 4.39 Å². The molecular weight excluding hydrogens is 327 g/mol. The summed E-state index contributed by atoms with van der Waals surface area (Å²) in [7, 11) is 0. The van der Waals surface area contributed by atoms with Crippen LogP contribution >= 0.6 is 0 Å². The Morgan fingerprint density at radius 1 is 1.15 bits per heavy atom. The maximum atomic E-state index is 13.2. The van der Waals surface area contributed by atoms with E-state index >= 15 is 0 Å². The van der Waals surface area contributed by atoms with Gasteiger partial charge in [0.1, 0.15) is 5.82 Å². The Morgan fingerprint density at radius 3 is 2.58 bits per heavy atom. The van der Waals surface area contributed by atoms with Crippen molar-refractivity contribution in [2.45, 2.75) is 38.0 Å². The second-order valence-corrected chi connectivity index (χ2v) is 6.83. The topological polar surface area (TPSA) is 49.3 Å². The predicted octanol–water partition coefficient (Wildman–Crippen LogP) is 3.44. The summed E-state index contributed by atoms with van der Waals surface area (Å²) in [5.41, 5.74) is 2.31. The van der Waals surface area contributed by atoms with Gasteiger partial charge >= 0.3 is 0 Å². The van der Waals surface area contributed by atoms with E-state index in [1.54, 1.807) is 12.1 Å². The predicted molar refractivity (Wildman–Crippen MR) is 104 cm³/mol. The number of nitrogens with zero attached hydrogens (tertiary/aromatic N) is 2.